The van der Waals surface area contributed by atoms with Crippen LogP contribution in [0.4, 0.5) is 4.39 Å². The van der Waals surface area contributed by atoms with E-state index in [0.717, 1.165) is 18.7 Å². The molecule has 0 radical (unpaired) electrons. The summed E-state index contributed by atoms with van der Waals surface area (Å²) in [4.78, 5) is 4.01. The first-order valence-corrected chi connectivity index (χ1v) is 6.15. The van der Waals surface area contributed by atoms with Crippen LogP contribution in [0.5, 0.6) is 0 Å². The lowest BCUT2D eigenvalue weighted by atomic mass is 10.1. The lowest BCUT2D eigenvalue weighted by molar-refractivity contribution is 0.444. The minimum atomic E-state index is -0.180. The van der Waals surface area contributed by atoms with Crippen molar-refractivity contribution in [1.29, 1.82) is 0 Å². The van der Waals surface area contributed by atoms with Gasteiger partial charge in [0.2, 0.25) is 0 Å². The Morgan fingerprint density at radius 3 is 3.06 bits per heavy atom. The van der Waals surface area contributed by atoms with Crippen LogP contribution >= 0.6 is 0 Å². The molecule has 1 N–H and O–H groups in total. The number of hydrogen-bond acceptors (Lipinski definition) is 2. The van der Waals surface area contributed by atoms with Crippen molar-refractivity contribution in [2.24, 2.45) is 5.92 Å². The Bertz CT molecular complexity index is 468. The van der Waals surface area contributed by atoms with Crippen molar-refractivity contribution < 1.29 is 4.39 Å². The molecule has 1 heterocycles. The van der Waals surface area contributed by atoms with Gasteiger partial charge in [-0.15, -0.1) is 0 Å². The van der Waals surface area contributed by atoms with E-state index in [4.69, 9.17) is 0 Å². The largest absolute Gasteiger partial charge is 0.337 e. The number of rotatable bonds is 6. The van der Waals surface area contributed by atoms with Gasteiger partial charge in [0.15, 0.2) is 0 Å². The van der Waals surface area contributed by atoms with E-state index in [1.54, 1.807) is 18.3 Å². The fourth-order valence-corrected chi connectivity index (χ4v) is 1.93. The average molecular weight is 247 g/mol. The highest BCUT2D eigenvalue weighted by atomic mass is 19.1. The zero-order valence-electron chi connectivity index (χ0n) is 10.5. The van der Waals surface area contributed by atoms with Crippen LogP contribution in [-0.4, -0.2) is 16.1 Å². The van der Waals surface area contributed by atoms with Crippen molar-refractivity contribution in [3.63, 3.8) is 0 Å². The molecule has 2 aromatic rings. The van der Waals surface area contributed by atoms with E-state index < -0.39 is 0 Å². The molecule has 96 valence electrons. The summed E-state index contributed by atoms with van der Waals surface area (Å²) >= 11 is 0. The minimum absolute atomic E-state index is 0.180. The molecule has 0 spiro atoms. The first kappa shape index (κ1) is 12.8. The molecule has 1 aromatic heterocycles. The number of halogens is 1. The molecule has 0 amide bonds. The van der Waals surface area contributed by atoms with Crippen molar-refractivity contribution in [3.8, 4) is 0 Å². The van der Waals surface area contributed by atoms with Crippen LogP contribution in [0.2, 0.25) is 0 Å². The van der Waals surface area contributed by atoms with E-state index in [9.17, 15) is 4.39 Å². The third-order valence-electron chi connectivity index (χ3n) is 2.79. The van der Waals surface area contributed by atoms with E-state index in [-0.39, 0.29) is 5.82 Å². The number of nitrogens with zero attached hydrogens (tertiary/aromatic N) is 2. The van der Waals surface area contributed by atoms with E-state index in [2.05, 4.69) is 21.8 Å². The van der Waals surface area contributed by atoms with Crippen molar-refractivity contribution in [2.45, 2.75) is 20.0 Å². The van der Waals surface area contributed by atoms with Gasteiger partial charge in [-0.3, -0.25) is 0 Å². The maximum Gasteiger partial charge on any atom is 0.123 e. The Morgan fingerprint density at radius 1 is 1.44 bits per heavy atom. The summed E-state index contributed by atoms with van der Waals surface area (Å²) in [6, 6.07) is 6.69. The van der Waals surface area contributed by atoms with E-state index in [1.165, 1.54) is 6.07 Å². The van der Waals surface area contributed by atoms with Crippen molar-refractivity contribution >= 4 is 0 Å². The second-order valence-electron chi connectivity index (χ2n) is 4.63. The molecule has 2 rings (SSSR count). The lowest BCUT2D eigenvalue weighted by Crippen LogP contribution is -2.23. The Morgan fingerprint density at radius 2 is 2.33 bits per heavy atom. The molecule has 0 aliphatic heterocycles. The summed E-state index contributed by atoms with van der Waals surface area (Å²) in [5, 5.41) is 3.34. The summed E-state index contributed by atoms with van der Waals surface area (Å²) < 4.78 is 15.0. The fourth-order valence-electron chi connectivity index (χ4n) is 1.93. The van der Waals surface area contributed by atoms with Crippen LogP contribution in [0, 0.1) is 11.7 Å². The Balaban J connectivity index is 1.72. The predicted molar refractivity (Wildman–Crippen MR) is 69.5 cm³/mol. The number of benzene rings is 1. The normalized spacial score (nSPS) is 12.6. The molecular formula is C14H18FN3. The monoisotopic (exact) mass is 247 g/mol. The number of hydrogen-bond donors (Lipinski definition) is 1. The number of nitrogens with one attached hydrogen (secondary N) is 1. The maximum atomic E-state index is 13.0. The van der Waals surface area contributed by atoms with Crippen molar-refractivity contribution in [1.82, 2.24) is 14.9 Å². The van der Waals surface area contributed by atoms with Crippen molar-refractivity contribution in [3.05, 3.63) is 54.4 Å². The first-order valence-electron chi connectivity index (χ1n) is 6.15. The molecule has 4 heteroatoms. The molecule has 0 saturated heterocycles. The van der Waals surface area contributed by atoms with E-state index >= 15 is 0 Å². The zero-order valence-corrected chi connectivity index (χ0v) is 10.5. The molecular weight excluding hydrogens is 229 g/mol. The highest BCUT2D eigenvalue weighted by molar-refractivity contribution is 5.15. The summed E-state index contributed by atoms with van der Waals surface area (Å²) in [6.45, 7) is 4.72. The molecule has 3 nitrogen and oxygen atoms in total. The summed E-state index contributed by atoms with van der Waals surface area (Å²) in [5.41, 5.74) is 0.977. The van der Waals surface area contributed by atoms with Crippen LogP contribution in [0.15, 0.2) is 43.0 Å². The highest BCUT2D eigenvalue weighted by Crippen LogP contribution is 2.04. The standard InChI is InChI=1S/C14H18FN3/c1-12(10-18-6-5-16-11-18)8-17-9-13-3-2-4-14(15)7-13/h2-7,11-12,17H,8-10H2,1H3. The topological polar surface area (TPSA) is 29.9 Å². The van der Waals surface area contributed by atoms with E-state index in [0.29, 0.717) is 12.5 Å². The zero-order chi connectivity index (χ0) is 12.8. The molecule has 0 aliphatic rings. The quantitative estimate of drug-likeness (QED) is 0.849. The third kappa shape index (κ3) is 3.96. The molecule has 0 saturated carbocycles. The van der Waals surface area contributed by atoms with Gasteiger partial charge in [-0.2, -0.15) is 0 Å². The van der Waals surface area contributed by atoms with Crippen LogP contribution in [0.3, 0.4) is 0 Å². The van der Waals surface area contributed by atoms with Crippen LogP contribution in [0.1, 0.15) is 12.5 Å². The molecule has 1 unspecified atom stereocenters. The Labute approximate surface area is 107 Å². The molecule has 1 atom stereocenters. The smallest absolute Gasteiger partial charge is 0.123 e. The highest BCUT2D eigenvalue weighted by Gasteiger charge is 2.02. The number of aromatic nitrogens is 2. The molecule has 18 heavy (non-hydrogen) atoms. The minimum Gasteiger partial charge on any atom is -0.337 e. The van der Waals surface area contributed by atoms with Gasteiger partial charge in [0.25, 0.3) is 0 Å². The molecule has 1 aromatic carbocycles. The Kier molecular flexibility index (Phi) is 4.47. The van der Waals surface area contributed by atoms with Gasteiger partial charge in [-0.1, -0.05) is 19.1 Å². The summed E-state index contributed by atoms with van der Waals surface area (Å²) in [5.74, 6) is 0.327. The summed E-state index contributed by atoms with van der Waals surface area (Å²) in [6.07, 6.45) is 5.57. The summed E-state index contributed by atoms with van der Waals surface area (Å²) in [7, 11) is 0. The molecule has 0 bridgehead atoms. The van der Waals surface area contributed by atoms with Gasteiger partial charge in [0.05, 0.1) is 6.33 Å². The van der Waals surface area contributed by atoms with Gasteiger partial charge in [0.1, 0.15) is 5.82 Å². The average Bonchev–Trinajstić information content (AvgIpc) is 2.82. The Hall–Kier alpha value is -1.68. The predicted octanol–water partition coefficient (Wildman–Crippen LogP) is 2.45. The SMILES string of the molecule is CC(CNCc1cccc(F)c1)Cn1ccnc1. The maximum absolute atomic E-state index is 13.0. The lowest BCUT2D eigenvalue weighted by Gasteiger charge is -2.13. The van der Waals surface area contributed by atoms with Gasteiger partial charge >= 0.3 is 0 Å². The molecule has 0 fully saturated rings. The second kappa shape index (κ2) is 6.31. The molecule has 0 aliphatic carbocycles. The second-order valence-corrected chi connectivity index (χ2v) is 4.63. The van der Waals surface area contributed by atoms with Crippen molar-refractivity contribution in [2.75, 3.05) is 6.54 Å². The van der Waals surface area contributed by atoms with Gasteiger partial charge in [-0.05, 0) is 30.2 Å². The fraction of sp³-hybridized carbons (Fsp3) is 0.357. The van der Waals surface area contributed by atoms with Crippen LogP contribution in [0.25, 0.3) is 0 Å². The third-order valence-corrected chi connectivity index (χ3v) is 2.79. The first-order chi connectivity index (χ1) is 8.74. The van der Waals surface area contributed by atoms with Crippen LogP contribution in [-0.2, 0) is 13.1 Å². The number of imidazole rings is 1. The van der Waals surface area contributed by atoms with Crippen LogP contribution < -0.4 is 5.32 Å². The van der Waals surface area contributed by atoms with Gasteiger partial charge in [-0.25, -0.2) is 9.37 Å². The van der Waals surface area contributed by atoms with Gasteiger partial charge < -0.3 is 9.88 Å². The van der Waals surface area contributed by atoms with E-state index in [1.807, 2.05) is 18.6 Å². The van der Waals surface area contributed by atoms with Gasteiger partial charge in [0, 0.05) is 25.5 Å².